The van der Waals surface area contributed by atoms with Gasteiger partial charge in [0.25, 0.3) is 0 Å². The fourth-order valence-corrected chi connectivity index (χ4v) is 13.1. The number of likely N-dealkylation sites (N-methyl/N-ethyl adjacent to an activating group) is 7. The SMILES string of the molecule is CC=CC[C@@H](C)[C@@H](O)[C@H]1C(=O)N[C@@H](CC)C(=O)N(C)[C@@H](CSCCN(CC)CC)C(=O)N(C)[C@@H](CC(C)C)C(=O)N[C@@H](C(C)C)C(=O)N(C)[C@@H](CC(C)C)C(=O)N[C@@H](C)C(=O)N[C@H](C)C(=O)N(C)[C@@H](CC(C)C)C(=O)N(C)[C@@H](CC(C)C)C(=O)N(C)[C@@H](C(C)C)C(=O)N1C. The molecule has 24 nitrogen and oxygen atoms in total. The Hall–Kier alpha value is -5.82. The fourth-order valence-electron chi connectivity index (χ4n) is 11.9. The van der Waals surface area contributed by atoms with Gasteiger partial charge in [-0.2, -0.15) is 11.8 Å². The van der Waals surface area contributed by atoms with Crippen molar-refractivity contribution in [2.24, 2.45) is 41.4 Å². The maximum Gasteiger partial charge on any atom is 0.246 e. The van der Waals surface area contributed by atoms with Crippen LogP contribution in [0.25, 0.3) is 0 Å². The number of hydrogen-bond donors (Lipinski definition) is 5. The van der Waals surface area contributed by atoms with Crippen LogP contribution in [-0.2, 0) is 52.7 Å². The summed E-state index contributed by atoms with van der Waals surface area (Å²) in [6, 6.07) is -13.7. The number of carbonyl (C=O) groups excluding carboxylic acids is 11. The molecule has 540 valence electrons. The molecule has 1 rings (SSSR count). The number of allylic oxidation sites excluding steroid dienone is 2. The molecular formula is C69H126N12O12S. The lowest BCUT2D eigenvalue weighted by Gasteiger charge is -2.41. The van der Waals surface area contributed by atoms with Gasteiger partial charge in [0.1, 0.15) is 66.5 Å². The van der Waals surface area contributed by atoms with Gasteiger partial charge in [0.05, 0.1) is 6.10 Å². The average molecular weight is 1350 g/mol. The summed E-state index contributed by atoms with van der Waals surface area (Å²) in [5, 5.41) is 23.5. The van der Waals surface area contributed by atoms with Crippen LogP contribution in [0.5, 0.6) is 0 Å². The molecule has 0 aromatic rings. The molecule has 11 amide bonds. The Morgan fingerprint density at radius 1 is 0.457 bits per heavy atom. The van der Waals surface area contributed by atoms with Crippen molar-refractivity contribution in [3.05, 3.63) is 12.2 Å². The highest BCUT2D eigenvalue weighted by atomic mass is 32.2. The van der Waals surface area contributed by atoms with Crippen molar-refractivity contribution in [3.8, 4) is 0 Å². The van der Waals surface area contributed by atoms with Gasteiger partial charge in [-0.15, -0.1) is 0 Å². The third-order valence-corrected chi connectivity index (χ3v) is 19.1. The lowest BCUT2D eigenvalue weighted by molar-refractivity contribution is -0.157. The van der Waals surface area contributed by atoms with Gasteiger partial charge in [0.15, 0.2) is 0 Å². The van der Waals surface area contributed by atoms with Crippen molar-refractivity contribution in [2.45, 2.75) is 243 Å². The van der Waals surface area contributed by atoms with Crippen molar-refractivity contribution < 1.29 is 57.8 Å². The minimum Gasteiger partial charge on any atom is -0.390 e. The van der Waals surface area contributed by atoms with E-state index in [-0.39, 0.29) is 61.5 Å². The normalized spacial score (nSPS) is 26.3. The predicted octanol–water partition coefficient (Wildman–Crippen LogP) is 4.71. The summed E-state index contributed by atoms with van der Waals surface area (Å²) in [7, 11) is 10.1. The molecule has 1 heterocycles. The molecule has 94 heavy (non-hydrogen) atoms. The minimum atomic E-state index is -1.63. The Labute approximate surface area is 569 Å². The number of nitrogens with one attached hydrogen (secondary N) is 4. The van der Waals surface area contributed by atoms with Crippen LogP contribution in [0.3, 0.4) is 0 Å². The fraction of sp³-hybridized carbons (Fsp3) is 0.812. The van der Waals surface area contributed by atoms with E-state index in [2.05, 4.69) is 26.2 Å². The largest absolute Gasteiger partial charge is 0.390 e. The zero-order valence-electron chi connectivity index (χ0n) is 62.3. The maximum absolute atomic E-state index is 15.4. The van der Waals surface area contributed by atoms with E-state index in [9.17, 15) is 29.1 Å². The summed E-state index contributed by atoms with van der Waals surface area (Å²) in [6.07, 6.45) is 3.01. The van der Waals surface area contributed by atoms with Gasteiger partial charge in [0, 0.05) is 67.4 Å². The van der Waals surface area contributed by atoms with Gasteiger partial charge in [-0.05, 0) is 114 Å². The standard InChI is InChI=1S/C69H126N12O12S/c1-27-31-32-46(17)58(82)57-62(86)72-49(28-2)64(88)78(24)54(39-94-34-33-81(29-3)30-4)67(91)74(20)51(36-41(7)8)61(85)73-55(44(13)14)68(92)75(21)50(35-40(5)6)60(84)70-47(18)59(83)71-48(19)63(87)76(22)52(37-42(9)10)65(89)77(23)53(38-43(11)12)66(90)79(25)56(45(15)16)69(93)80(57)26/h27,31,40-58,82H,28-30,32-39H2,1-26H3,(H,70,84)(H,71,83)(H,72,86)(H,73,85)/t46-,47+,48-,49+,50+,51+,52+,53+,54+,55+,56+,57+,58-/m1/s1. The van der Waals surface area contributed by atoms with Crippen molar-refractivity contribution in [1.82, 2.24) is 60.5 Å². The van der Waals surface area contributed by atoms with Gasteiger partial charge in [-0.1, -0.05) is 123 Å². The number of thioether (sulfide) groups is 1. The van der Waals surface area contributed by atoms with E-state index in [0.29, 0.717) is 18.7 Å². The molecule has 0 radical (unpaired) electrons. The second-order valence-electron chi connectivity index (χ2n) is 28.4. The first kappa shape index (κ1) is 86.2. The maximum atomic E-state index is 15.4. The zero-order chi connectivity index (χ0) is 72.7. The van der Waals surface area contributed by atoms with Gasteiger partial charge in [-0.25, -0.2) is 0 Å². The highest BCUT2D eigenvalue weighted by Gasteiger charge is 2.46. The molecule has 1 aliphatic heterocycles. The van der Waals surface area contributed by atoms with E-state index in [4.69, 9.17) is 0 Å². The molecule has 0 aromatic heterocycles. The highest BCUT2D eigenvalue weighted by Crippen LogP contribution is 2.26. The van der Waals surface area contributed by atoms with Crippen LogP contribution in [0.1, 0.15) is 170 Å². The molecule has 0 spiro atoms. The molecule has 13 atom stereocenters. The summed E-state index contributed by atoms with van der Waals surface area (Å²) in [6.45, 7) is 36.5. The molecule has 1 fully saturated rings. The second kappa shape index (κ2) is 40.7. The molecule has 0 bridgehead atoms. The van der Waals surface area contributed by atoms with Crippen molar-refractivity contribution in [1.29, 1.82) is 0 Å². The lowest BCUT2D eigenvalue weighted by Crippen LogP contribution is -2.64. The van der Waals surface area contributed by atoms with Crippen molar-refractivity contribution >= 4 is 76.7 Å². The molecule has 25 heteroatoms. The third-order valence-electron chi connectivity index (χ3n) is 18.1. The highest BCUT2D eigenvalue weighted by molar-refractivity contribution is 7.99. The number of rotatable bonds is 22. The number of nitrogens with zero attached hydrogens (tertiary/aromatic N) is 8. The van der Waals surface area contributed by atoms with Crippen LogP contribution < -0.4 is 21.3 Å². The first-order valence-electron chi connectivity index (χ1n) is 34.3. The quantitative estimate of drug-likeness (QED) is 0.0726. The van der Waals surface area contributed by atoms with E-state index >= 15 is 28.8 Å². The van der Waals surface area contributed by atoms with Crippen LogP contribution in [0.2, 0.25) is 0 Å². The molecule has 0 saturated carbocycles. The van der Waals surface area contributed by atoms with Crippen LogP contribution in [0.4, 0.5) is 0 Å². The Bertz CT molecular complexity index is 2530. The van der Waals surface area contributed by atoms with E-state index in [0.717, 1.165) is 18.0 Å². The van der Waals surface area contributed by atoms with E-state index < -0.39 is 155 Å². The lowest BCUT2D eigenvalue weighted by atomic mass is 9.91. The van der Waals surface area contributed by atoms with Gasteiger partial charge < -0.3 is 65.6 Å². The molecule has 0 aromatic carbocycles. The molecule has 1 aliphatic rings. The Kier molecular flexibility index (Phi) is 37.3. The monoisotopic (exact) mass is 1350 g/mol. The number of aliphatic hydroxyl groups is 1. The van der Waals surface area contributed by atoms with Crippen LogP contribution in [0, 0.1) is 41.4 Å². The number of carbonyl (C=O) groups is 11. The smallest absolute Gasteiger partial charge is 0.246 e. The molecule has 1 saturated heterocycles. The van der Waals surface area contributed by atoms with Crippen LogP contribution in [-0.4, -0.2) is 262 Å². The van der Waals surface area contributed by atoms with E-state index in [1.165, 1.54) is 104 Å². The zero-order valence-corrected chi connectivity index (χ0v) is 63.1. The number of amides is 11. The van der Waals surface area contributed by atoms with Crippen LogP contribution >= 0.6 is 11.8 Å². The Balaban J connectivity index is 4.55. The third kappa shape index (κ3) is 24.7. The summed E-state index contributed by atoms with van der Waals surface area (Å²) in [5.41, 5.74) is 0. The average Bonchev–Trinajstić information content (AvgIpc) is 0.858. The summed E-state index contributed by atoms with van der Waals surface area (Å²) >= 11 is 1.44. The van der Waals surface area contributed by atoms with Crippen molar-refractivity contribution in [2.75, 3.05) is 80.5 Å². The first-order chi connectivity index (χ1) is 43.6. The van der Waals surface area contributed by atoms with Gasteiger partial charge >= 0.3 is 0 Å². The molecule has 0 unspecified atom stereocenters. The van der Waals surface area contributed by atoms with E-state index in [1.54, 1.807) is 47.6 Å². The summed E-state index contributed by atoms with van der Waals surface area (Å²) in [4.78, 5) is 175. The van der Waals surface area contributed by atoms with Gasteiger partial charge in [0.2, 0.25) is 65.0 Å². The summed E-state index contributed by atoms with van der Waals surface area (Å²) < 4.78 is 0. The van der Waals surface area contributed by atoms with E-state index in [1.807, 2.05) is 82.2 Å². The minimum absolute atomic E-state index is 0.0108. The predicted molar refractivity (Wildman–Crippen MR) is 372 cm³/mol. The first-order valence-corrected chi connectivity index (χ1v) is 35.4. The number of aliphatic hydroxyl groups excluding tert-OH is 1. The summed E-state index contributed by atoms with van der Waals surface area (Å²) in [5.74, 6) is -9.04. The topological polar surface area (TPSA) is 282 Å². The van der Waals surface area contributed by atoms with Gasteiger partial charge in [-0.3, -0.25) is 52.7 Å². The van der Waals surface area contributed by atoms with Crippen LogP contribution in [0.15, 0.2) is 12.2 Å². The molecule has 0 aliphatic carbocycles. The Morgan fingerprint density at radius 2 is 0.862 bits per heavy atom. The second-order valence-corrected chi connectivity index (χ2v) is 29.6. The Morgan fingerprint density at radius 3 is 1.31 bits per heavy atom. The molecular weight excluding hydrogens is 1220 g/mol. The molecule has 5 N–H and O–H groups in total. The van der Waals surface area contributed by atoms with Crippen molar-refractivity contribution in [3.63, 3.8) is 0 Å². The number of hydrogen-bond acceptors (Lipinski definition) is 14.